The van der Waals surface area contributed by atoms with E-state index in [1.165, 1.54) is 11.0 Å². The quantitative estimate of drug-likeness (QED) is 0.371. The Morgan fingerprint density at radius 3 is 2.40 bits per heavy atom. The number of hydrogen-bond donors (Lipinski definition) is 1. The molecule has 0 atom stereocenters. The van der Waals surface area contributed by atoms with Crippen molar-refractivity contribution in [1.82, 2.24) is 5.32 Å². The highest BCUT2D eigenvalue weighted by atomic mass is 79.9. The maximum Gasteiger partial charge on any atom is 0.270 e. The van der Waals surface area contributed by atoms with Gasteiger partial charge in [0.25, 0.3) is 11.8 Å². The van der Waals surface area contributed by atoms with Gasteiger partial charge in [0.1, 0.15) is 5.57 Å². The SMILES string of the molecule is CCOc1cc(C=C2C(=O)NC(=S)N(c3ccc(C)cc3)C2=O)cc(Br)c1OCC. The minimum absolute atomic E-state index is 0.0253. The average molecular weight is 489 g/mol. The van der Waals surface area contributed by atoms with Crippen LogP contribution in [0.3, 0.4) is 0 Å². The summed E-state index contributed by atoms with van der Waals surface area (Å²) in [5, 5.41) is 2.64. The molecule has 3 rings (SSSR count). The van der Waals surface area contributed by atoms with Gasteiger partial charge in [-0.05, 0) is 84.8 Å². The molecule has 2 aromatic carbocycles. The van der Waals surface area contributed by atoms with Gasteiger partial charge in [0.2, 0.25) is 0 Å². The lowest BCUT2D eigenvalue weighted by Gasteiger charge is -2.29. The Balaban J connectivity index is 2.03. The molecule has 1 saturated heterocycles. The number of nitrogens with one attached hydrogen (secondary N) is 1. The molecule has 1 aliphatic heterocycles. The van der Waals surface area contributed by atoms with Crippen LogP contribution in [-0.2, 0) is 9.59 Å². The molecule has 0 saturated carbocycles. The van der Waals surface area contributed by atoms with Crippen molar-refractivity contribution in [2.75, 3.05) is 18.1 Å². The standard InChI is InChI=1S/C22H21BrN2O4S/c1-4-28-18-12-14(11-17(23)19(18)29-5-2)10-16-20(26)24-22(30)25(21(16)27)15-8-6-13(3)7-9-15/h6-12H,4-5H2,1-3H3,(H,24,26,30). The third-order valence-corrected chi connectivity index (χ3v) is 5.20. The zero-order chi connectivity index (χ0) is 21.8. The van der Waals surface area contributed by atoms with Crippen LogP contribution in [0.5, 0.6) is 11.5 Å². The summed E-state index contributed by atoms with van der Waals surface area (Å²) in [6, 6.07) is 10.8. The smallest absolute Gasteiger partial charge is 0.270 e. The lowest BCUT2D eigenvalue weighted by molar-refractivity contribution is -0.122. The highest BCUT2D eigenvalue weighted by molar-refractivity contribution is 9.10. The molecule has 1 heterocycles. The van der Waals surface area contributed by atoms with Crippen molar-refractivity contribution in [1.29, 1.82) is 0 Å². The lowest BCUT2D eigenvalue weighted by atomic mass is 10.1. The molecule has 6 nitrogen and oxygen atoms in total. The van der Waals surface area contributed by atoms with Gasteiger partial charge in [-0.1, -0.05) is 17.7 Å². The van der Waals surface area contributed by atoms with Gasteiger partial charge in [0, 0.05) is 0 Å². The first kappa shape index (κ1) is 22.0. The Kier molecular flexibility index (Phi) is 6.89. The number of hydrogen-bond acceptors (Lipinski definition) is 5. The second-order valence-electron chi connectivity index (χ2n) is 6.49. The second-order valence-corrected chi connectivity index (χ2v) is 7.73. The summed E-state index contributed by atoms with van der Waals surface area (Å²) < 4.78 is 12.0. The highest BCUT2D eigenvalue weighted by Crippen LogP contribution is 2.37. The van der Waals surface area contributed by atoms with E-state index in [4.69, 9.17) is 21.7 Å². The fraction of sp³-hybridized carbons (Fsp3) is 0.227. The Morgan fingerprint density at radius 1 is 1.10 bits per heavy atom. The maximum absolute atomic E-state index is 13.1. The number of nitrogens with zero attached hydrogens (tertiary/aromatic N) is 1. The molecular formula is C22H21BrN2O4S. The van der Waals surface area contributed by atoms with Crippen LogP contribution in [0.1, 0.15) is 25.0 Å². The number of thiocarbonyl (C=S) groups is 1. The number of carbonyl (C=O) groups is 2. The average Bonchev–Trinajstić information content (AvgIpc) is 2.69. The van der Waals surface area contributed by atoms with Gasteiger partial charge in [-0.2, -0.15) is 0 Å². The molecule has 30 heavy (non-hydrogen) atoms. The van der Waals surface area contributed by atoms with Crippen LogP contribution < -0.4 is 19.7 Å². The highest BCUT2D eigenvalue weighted by Gasteiger charge is 2.34. The number of rotatable bonds is 6. The first-order valence-corrected chi connectivity index (χ1v) is 10.6. The number of anilines is 1. The largest absolute Gasteiger partial charge is 0.490 e. The normalized spacial score (nSPS) is 15.4. The van der Waals surface area contributed by atoms with Gasteiger partial charge in [-0.3, -0.25) is 19.8 Å². The van der Waals surface area contributed by atoms with Gasteiger partial charge in [0.05, 0.1) is 23.4 Å². The number of benzene rings is 2. The third kappa shape index (κ3) is 4.55. The van der Waals surface area contributed by atoms with Crippen LogP contribution >= 0.6 is 28.1 Å². The Morgan fingerprint density at radius 2 is 1.77 bits per heavy atom. The molecule has 1 aliphatic rings. The molecule has 0 aliphatic carbocycles. The van der Waals surface area contributed by atoms with Gasteiger partial charge in [-0.25, -0.2) is 0 Å². The van der Waals surface area contributed by atoms with E-state index in [2.05, 4.69) is 21.2 Å². The van der Waals surface area contributed by atoms with Crippen molar-refractivity contribution < 1.29 is 19.1 Å². The Hall–Kier alpha value is -2.71. The number of halogens is 1. The zero-order valence-electron chi connectivity index (χ0n) is 16.8. The van der Waals surface area contributed by atoms with Crippen LogP contribution in [0, 0.1) is 6.92 Å². The number of amides is 2. The summed E-state index contributed by atoms with van der Waals surface area (Å²) in [5.41, 5.74) is 2.23. The van der Waals surface area contributed by atoms with Gasteiger partial charge >= 0.3 is 0 Å². The van der Waals surface area contributed by atoms with Gasteiger partial charge in [0.15, 0.2) is 16.6 Å². The minimum Gasteiger partial charge on any atom is -0.490 e. The molecule has 2 amide bonds. The summed E-state index contributed by atoms with van der Waals surface area (Å²) in [6.45, 7) is 6.62. The van der Waals surface area contributed by atoms with E-state index in [1.54, 1.807) is 24.3 Å². The summed E-state index contributed by atoms with van der Waals surface area (Å²) in [6.07, 6.45) is 1.52. The first-order valence-electron chi connectivity index (χ1n) is 9.43. The van der Waals surface area contributed by atoms with Crippen molar-refractivity contribution in [2.24, 2.45) is 0 Å². The molecule has 0 bridgehead atoms. The fourth-order valence-corrected chi connectivity index (χ4v) is 3.83. The third-order valence-electron chi connectivity index (χ3n) is 4.33. The lowest BCUT2D eigenvalue weighted by Crippen LogP contribution is -2.54. The van der Waals surface area contributed by atoms with E-state index in [1.807, 2.05) is 32.9 Å². The predicted molar refractivity (Wildman–Crippen MR) is 124 cm³/mol. The van der Waals surface area contributed by atoms with Crippen molar-refractivity contribution in [3.63, 3.8) is 0 Å². The van der Waals surface area contributed by atoms with E-state index in [0.717, 1.165) is 5.56 Å². The van der Waals surface area contributed by atoms with Crippen LogP contribution in [0.15, 0.2) is 46.4 Å². The summed E-state index contributed by atoms with van der Waals surface area (Å²) >= 11 is 8.72. The Bertz CT molecular complexity index is 1030. The monoisotopic (exact) mass is 488 g/mol. The predicted octanol–water partition coefficient (Wildman–Crippen LogP) is 4.39. The molecule has 0 aromatic heterocycles. The molecule has 0 spiro atoms. The molecule has 8 heteroatoms. The van der Waals surface area contributed by atoms with Crippen LogP contribution in [0.25, 0.3) is 6.08 Å². The fourth-order valence-electron chi connectivity index (χ4n) is 2.97. The Labute approximate surface area is 189 Å². The summed E-state index contributed by atoms with van der Waals surface area (Å²) in [5.74, 6) is 0.0606. The van der Waals surface area contributed by atoms with Crippen LogP contribution in [0.2, 0.25) is 0 Å². The van der Waals surface area contributed by atoms with Gasteiger partial charge in [-0.15, -0.1) is 0 Å². The van der Waals surface area contributed by atoms with Crippen LogP contribution in [-0.4, -0.2) is 30.1 Å². The number of aryl methyl sites for hydroxylation is 1. The second kappa shape index (κ2) is 9.40. The molecule has 1 fully saturated rings. The maximum atomic E-state index is 13.1. The molecule has 0 radical (unpaired) electrons. The number of ether oxygens (including phenoxy) is 2. The minimum atomic E-state index is -0.545. The molecule has 2 aromatic rings. The molecule has 0 unspecified atom stereocenters. The topological polar surface area (TPSA) is 67.9 Å². The molecule has 1 N–H and O–H groups in total. The molecule has 156 valence electrons. The van der Waals surface area contributed by atoms with Crippen molar-refractivity contribution in [2.45, 2.75) is 20.8 Å². The van der Waals surface area contributed by atoms with E-state index in [-0.39, 0.29) is 10.7 Å². The number of carbonyl (C=O) groups excluding carboxylic acids is 2. The van der Waals surface area contributed by atoms with E-state index in [9.17, 15) is 9.59 Å². The first-order chi connectivity index (χ1) is 14.3. The van der Waals surface area contributed by atoms with Crippen molar-refractivity contribution >= 4 is 56.8 Å². The van der Waals surface area contributed by atoms with Gasteiger partial charge < -0.3 is 9.47 Å². The van der Waals surface area contributed by atoms with Crippen molar-refractivity contribution in [3.05, 3.63) is 57.6 Å². The zero-order valence-corrected chi connectivity index (χ0v) is 19.2. The van der Waals surface area contributed by atoms with E-state index in [0.29, 0.717) is 40.4 Å². The molecular weight excluding hydrogens is 468 g/mol. The van der Waals surface area contributed by atoms with E-state index >= 15 is 0 Å². The van der Waals surface area contributed by atoms with Crippen LogP contribution in [0.4, 0.5) is 5.69 Å². The van der Waals surface area contributed by atoms with E-state index < -0.39 is 11.8 Å². The summed E-state index contributed by atoms with van der Waals surface area (Å²) in [4.78, 5) is 27.0. The summed E-state index contributed by atoms with van der Waals surface area (Å²) in [7, 11) is 0. The van der Waals surface area contributed by atoms with Crippen molar-refractivity contribution in [3.8, 4) is 11.5 Å².